The van der Waals surface area contributed by atoms with Gasteiger partial charge in [0.25, 0.3) is 20.0 Å². The van der Waals surface area contributed by atoms with E-state index in [-0.39, 0.29) is 15.6 Å². The molecule has 0 fully saturated rings. The Morgan fingerprint density at radius 1 is 0.439 bits per heavy atom. The van der Waals surface area contributed by atoms with Crippen LogP contribution in [0.4, 0.5) is 28.6 Å². The molecule has 0 aliphatic carbocycles. The van der Waals surface area contributed by atoms with E-state index in [1.165, 1.54) is 66.9 Å². The molecule has 0 unspecified atom stereocenters. The molecule has 0 saturated heterocycles. The Morgan fingerprint density at radius 3 is 1.17 bits per heavy atom. The minimum absolute atomic E-state index is 0.265. The molecule has 0 spiro atoms. The molecule has 12 heteroatoms. The van der Waals surface area contributed by atoms with Crippen molar-refractivity contribution in [1.29, 1.82) is 0 Å². The third-order valence-electron chi connectivity index (χ3n) is 5.62. The highest BCUT2D eigenvalue weighted by Crippen LogP contribution is 2.31. The number of hydrogen-bond acceptors (Lipinski definition) is 9. The van der Waals surface area contributed by atoms with Gasteiger partial charge in [-0.05, 0) is 84.9 Å². The van der Waals surface area contributed by atoms with Gasteiger partial charge in [-0.3, -0.25) is 0 Å². The number of azo groups is 2. The molecule has 1 heterocycles. The monoisotopic (exact) mass is 582 g/mol. The molecule has 41 heavy (non-hydrogen) atoms. The highest BCUT2D eigenvalue weighted by Gasteiger charge is 2.37. The van der Waals surface area contributed by atoms with Crippen LogP contribution in [0.1, 0.15) is 0 Å². The molecule has 0 atom stereocenters. The molecule has 0 radical (unpaired) electrons. The Kier molecular flexibility index (Phi) is 8.04. The number of nitrogens with zero attached hydrogens (tertiary/aromatic N) is 6. The van der Waals surface area contributed by atoms with Crippen LogP contribution >= 0.6 is 0 Å². The van der Waals surface area contributed by atoms with Crippen molar-refractivity contribution < 1.29 is 16.8 Å². The van der Waals surface area contributed by atoms with Gasteiger partial charge in [0.2, 0.25) is 0 Å². The summed E-state index contributed by atoms with van der Waals surface area (Å²) in [6.07, 6.45) is 1.31. The van der Waals surface area contributed by atoms with Crippen LogP contribution in [-0.2, 0) is 20.0 Å². The second-order valence-corrected chi connectivity index (χ2v) is 12.3. The van der Waals surface area contributed by atoms with Gasteiger partial charge in [0, 0.05) is 6.20 Å². The molecule has 10 nitrogen and oxygen atoms in total. The van der Waals surface area contributed by atoms with Gasteiger partial charge >= 0.3 is 0 Å². The number of sulfonamides is 2. The third kappa shape index (κ3) is 6.40. The lowest BCUT2D eigenvalue weighted by atomic mass is 10.3. The molecule has 0 aliphatic heterocycles. The van der Waals surface area contributed by atoms with E-state index in [2.05, 4.69) is 25.4 Å². The highest BCUT2D eigenvalue weighted by atomic mass is 32.3. The normalized spacial score (nSPS) is 12.1. The Balaban J connectivity index is 1.46. The molecule has 0 aliphatic rings. The summed E-state index contributed by atoms with van der Waals surface area (Å²) in [7, 11) is -9.26. The fourth-order valence-corrected chi connectivity index (χ4v) is 7.22. The summed E-state index contributed by atoms with van der Waals surface area (Å²) in [5, 5.41) is 16.4. The van der Waals surface area contributed by atoms with E-state index in [1.54, 1.807) is 30.3 Å². The minimum atomic E-state index is -4.63. The van der Waals surface area contributed by atoms with Crippen LogP contribution in [0, 0.1) is 0 Å². The van der Waals surface area contributed by atoms with E-state index in [0.29, 0.717) is 26.5 Å². The number of hydrogen-bond donors (Lipinski definition) is 0. The zero-order valence-corrected chi connectivity index (χ0v) is 23.0. The topological polar surface area (TPSA) is 134 Å². The van der Waals surface area contributed by atoms with Crippen LogP contribution in [0.5, 0.6) is 0 Å². The van der Waals surface area contributed by atoms with E-state index in [9.17, 15) is 16.8 Å². The zero-order chi connectivity index (χ0) is 28.7. The summed E-state index contributed by atoms with van der Waals surface area (Å²) < 4.78 is 55.5. The summed E-state index contributed by atoms with van der Waals surface area (Å²) in [6.45, 7) is 0. The predicted octanol–water partition coefficient (Wildman–Crippen LogP) is 7.50. The Morgan fingerprint density at radius 2 is 0.805 bits per heavy atom. The zero-order valence-electron chi connectivity index (χ0n) is 21.3. The molecular weight excluding hydrogens is 560 g/mol. The second-order valence-electron chi connectivity index (χ2n) is 8.45. The van der Waals surface area contributed by atoms with Crippen molar-refractivity contribution in [2.24, 2.45) is 20.5 Å². The van der Waals surface area contributed by atoms with Gasteiger partial charge in [0.15, 0.2) is 5.82 Å². The minimum Gasteiger partial charge on any atom is -0.237 e. The van der Waals surface area contributed by atoms with Crippen LogP contribution in [0.25, 0.3) is 0 Å². The van der Waals surface area contributed by atoms with Crippen molar-refractivity contribution in [3.63, 3.8) is 0 Å². The highest BCUT2D eigenvalue weighted by molar-refractivity contribution is 8.10. The fourth-order valence-electron chi connectivity index (χ4n) is 3.62. The van der Waals surface area contributed by atoms with Gasteiger partial charge in [-0.15, -0.1) is 3.71 Å². The molecule has 4 aromatic carbocycles. The number of pyridine rings is 1. The van der Waals surface area contributed by atoms with Crippen LogP contribution in [0.15, 0.2) is 164 Å². The van der Waals surface area contributed by atoms with Crippen molar-refractivity contribution in [3.05, 3.63) is 134 Å². The first kappa shape index (κ1) is 27.5. The lowest BCUT2D eigenvalue weighted by molar-refractivity contribution is 0.583. The maximum absolute atomic E-state index is 13.8. The Hall–Kier alpha value is -5.07. The standard InChI is InChI=1S/C29H22N6O4S2/c36-40(37,27-18-14-25(15-19-27)33-31-23-9-3-1-4-10-23)35(29-13-7-8-22-30-29)41(38,39)28-20-16-26(17-21-28)34-32-24-11-5-2-6-12-24/h1-22H/b33-31+,34-32+. The number of benzene rings is 4. The molecule has 0 N–H and O–H groups in total. The molecule has 0 saturated carbocycles. The van der Waals surface area contributed by atoms with E-state index < -0.39 is 20.0 Å². The average Bonchev–Trinajstić information content (AvgIpc) is 3.01. The van der Waals surface area contributed by atoms with Crippen molar-refractivity contribution in [3.8, 4) is 0 Å². The van der Waals surface area contributed by atoms with Gasteiger partial charge < -0.3 is 0 Å². The molecular formula is C29H22N6O4S2. The quantitative estimate of drug-likeness (QED) is 0.166. The molecule has 5 aromatic rings. The molecule has 0 amide bonds. The van der Waals surface area contributed by atoms with Crippen molar-refractivity contribution in [1.82, 2.24) is 4.98 Å². The summed E-state index contributed by atoms with van der Waals surface area (Å²) in [5.74, 6) is -0.284. The number of aromatic nitrogens is 1. The molecule has 0 bridgehead atoms. The van der Waals surface area contributed by atoms with Gasteiger partial charge in [-0.25, -0.2) is 4.98 Å². The Labute approximate surface area is 237 Å². The maximum atomic E-state index is 13.8. The maximum Gasteiger partial charge on any atom is 0.279 e. The summed E-state index contributed by atoms with van der Waals surface area (Å²) in [4.78, 5) is 3.49. The van der Waals surface area contributed by atoms with Gasteiger partial charge in [0.1, 0.15) is 0 Å². The van der Waals surface area contributed by atoms with E-state index >= 15 is 0 Å². The van der Waals surface area contributed by atoms with Crippen LogP contribution in [0.2, 0.25) is 0 Å². The van der Waals surface area contributed by atoms with E-state index in [0.717, 1.165) is 0 Å². The Bertz CT molecular complexity index is 1760. The molecule has 204 valence electrons. The van der Waals surface area contributed by atoms with Crippen molar-refractivity contribution >= 4 is 48.6 Å². The molecule has 5 rings (SSSR count). The SMILES string of the molecule is O=S(=O)(c1ccc(/N=N/c2ccccc2)cc1)N(c1ccccn1)S(=O)(=O)c1ccc(/N=N/c2ccccc2)cc1. The summed E-state index contributed by atoms with van der Waals surface area (Å²) in [5.41, 5.74) is 2.04. The van der Waals surface area contributed by atoms with Crippen molar-refractivity contribution in [2.75, 3.05) is 3.71 Å². The first-order valence-corrected chi connectivity index (χ1v) is 15.1. The van der Waals surface area contributed by atoms with E-state index in [4.69, 9.17) is 0 Å². The van der Waals surface area contributed by atoms with Crippen molar-refractivity contribution in [2.45, 2.75) is 9.79 Å². The van der Waals surface area contributed by atoms with Gasteiger partial charge in [-0.1, -0.05) is 42.5 Å². The van der Waals surface area contributed by atoms with Crippen LogP contribution in [0.3, 0.4) is 0 Å². The average molecular weight is 583 g/mol. The lowest BCUT2D eigenvalue weighted by Gasteiger charge is -2.23. The number of anilines is 1. The summed E-state index contributed by atoms with van der Waals surface area (Å²) in [6, 6.07) is 33.3. The van der Waals surface area contributed by atoms with Gasteiger partial charge in [0.05, 0.1) is 32.5 Å². The predicted molar refractivity (Wildman–Crippen MR) is 155 cm³/mol. The first-order valence-electron chi connectivity index (χ1n) is 12.2. The lowest BCUT2D eigenvalue weighted by Crippen LogP contribution is -2.37. The smallest absolute Gasteiger partial charge is 0.237 e. The fraction of sp³-hybridized carbons (Fsp3) is 0. The van der Waals surface area contributed by atoms with Crippen LogP contribution < -0.4 is 3.71 Å². The second kappa shape index (κ2) is 12.0. The first-order chi connectivity index (χ1) is 19.8. The van der Waals surface area contributed by atoms with Crippen LogP contribution in [-0.4, -0.2) is 21.8 Å². The molecule has 1 aromatic heterocycles. The summed E-state index contributed by atoms with van der Waals surface area (Å²) >= 11 is 0. The number of rotatable bonds is 9. The van der Waals surface area contributed by atoms with E-state index in [1.807, 2.05) is 36.4 Å². The van der Waals surface area contributed by atoms with Gasteiger partial charge in [-0.2, -0.15) is 37.3 Å². The largest absolute Gasteiger partial charge is 0.279 e. The third-order valence-corrected chi connectivity index (χ3v) is 9.78.